The predicted molar refractivity (Wildman–Crippen MR) is 124 cm³/mol. The Balaban J connectivity index is 2.00. The van der Waals surface area contributed by atoms with Gasteiger partial charge in [-0.25, -0.2) is 13.1 Å². The van der Waals surface area contributed by atoms with Gasteiger partial charge in [0.2, 0.25) is 10.0 Å². The lowest BCUT2D eigenvalue weighted by Crippen LogP contribution is -2.32. The third-order valence-electron chi connectivity index (χ3n) is 4.67. The number of aliphatic carboxylic acids is 1. The molecule has 32 heavy (non-hydrogen) atoms. The lowest BCUT2D eigenvalue weighted by atomic mass is 9.98. The molecule has 1 aliphatic carbocycles. The van der Waals surface area contributed by atoms with Gasteiger partial charge in [-0.05, 0) is 43.5 Å². The number of hydrogen-bond acceptors (Lipinski definition) is 6. The molecule has 1 heterocycles. The average Bonchev–Trinajstić information content (AvgIpc) is 3.14. The SMILES string of the molecule is C=CCSc1nnc([C@@H](CC2=CC=CCC2)NS(=O)(=O)c2ccc(Cl)cc2)n1CC(=O)O. The number of sulfonamides is 1. The highest BCUT2D eigenvalue weighted by Crippen LogP contribution is 2.29. The number of halogens is 1. The van der Waals surface area contributed by atoms with Gasteiger partial charge in [0.05, 0.1) is 10.9 Å². The Labute approximate surface area is 196 Å². The number of allylic oxidation sites excluding steroid dienone is 3. The van der Waals surface area contributed by atoms with Crippen LogP contribution in [0.4, 0.5) is 0 Å². The van der Waals surface area contributed by atoms with E-state index in [0.717, 1.165) is 18.4 Å². The smallest absolute Gasteiger partial charge is 0.323 e. The first-order valence-electron chi connectivity index (χ1n) is 9.81. The molecule has 2 aromatic rings. The molecule has 0 fully saturated rings. The van der Waals surface area contributed by atoms with Gasteiger partial charge < -0.3 is 5.11 Å². The Morgan fingerprint density at radius 1 is 1.34 bits per heavy atom. The number of thioether (sulfide) groups is 1. The Kier molecular flexibility index (Phi) is 8.30. The quantitative estimate of drug-likeness (QED) is 0.358. The molecule has 0 bridgehead atoms. The fourth-order valence-corrected chi connectivity index (χ4v) is 5.22. The first-order valence-corrected chi connectivity index (χ1v) is 12.7. The second-order valence-corrected chi connectivity index (χ2v) is 10.2. The number of nitrogens with one attached hydrogen (secondary N) is 1. The predicted octanol–water partition coefficient (Wildman–Crippen LogP) is 3.98. The van der Waals surface area contributed by atoms with Crippen LogP contribution in [-0.4, -0.2) is 40.0 Å². The second kappa shape index (κ2) is 11.0. The highest BCUT2D eigenvalue weighted by atomic mass is 35.5. The molecule has 0 aliphatic heterocycles. The Hall–Kier alpha value is -2.40. The first-order chi connectivity index (χ1) is 15.3. The minimum atomic E-state index is -3.93. The third-order valence-corrected chi connectivity index (χ3v) is 7.37. The van der Waals surface area contributed by atoms with Crippen LogP contribution in [0.2, 0.25) is 5.02 Å². The van der Waals surface area contributed by atoms with Crippen molar-refractivity contribution in [2.75, 3.05) is 5.75 Å². The van der Waals surface area contributed by atoms with Gasteiger partial charge in [0.25, 0.3) is 0 Å². The van der Waals surface area contributed by atoms with Crippen LogP contribution < -0.4 is 4.72 Å². The Morgan fingerprint density at radius 2 is 2.09 bits per heavy atom. The summed E-state index contributed by atoms with van der Waals surface area (Å²) in [5, 5.41) is 18.5. The van der Waals surface area contributed by atoms with Crippen molar-refractivity contribution >= 4 is 39.4 Å². The van der Waals surface area contributed by atoms with E-state index >= 15 is 0 Å². The summed E-state index contributed by atoms with van der Waals surface area (Å²) in [6, 6.07) is 5.01. The molecule has 0 unspecified atom stereocenters. The largest absolute Gasteiger partial charge is 0.480 e. The highest BCUT2D eigenvalue weighted by Gasteiger charge is 2.28. The molecule has 1 aromatic carbocycles. The van der Waals surface area contributed by atoms with Crippen LogP contribution >= 0.6 is 23.4 Å². The van der Waals surface area contributed by atoms with E-state index in [-0.39, 0.29) is 17.3 Å². The Bertz CT molecular complexity index is 1140. The van der Waals surface area contributed by atoms with E-state index < -0.39 is 22.0 Å². The lowest BCUT2D eigenvalue weighted by molar-refractivity contribution is -0.137. The maximum Gasteiger partial charge on any atom is 0.323 e. The molecule has 0 radical (unpaired) electrons. The van der Waals surface area contributed by atoms with Gasteiger partial charge in [-0.3, -0.25) is 9.36 Å². The zero-order valence-corrected chi connectivity index (χ0v) is 19.5. The van der Waals surface area contributed by atoms with Gasteiger partial charge in [-0.1, -0.05) is 53.2 Å². The highest BCUT2D eigenvalue weighted by molar-refractivity contribution is 7.99. The van der Waals surface area contributed by atoms with E-state index in [2.05, 4.69) is 21.5 Å². The zero-order valence-electron chi connectivity index (χ0n) is 17.1. The van der Waals surface area contributed by atoms with Crippen molar-refractivity contribution in [3.05, 3.63) is 71.6 Å². The summed E-state index contributed by atoms with van der Waals surface area (Å²) < 4.78 is 30.3. The molecule has 0 saturated carbocycles. The topological polar surface area (TPSA) is 114 Å². The molecule has 3 rings (SSSR count). The van der Waals surface area contributed by atoms with Crippen molar-refractivity contribution in [2.24, 2.45) is 0 Å². The molecule has 170 valence electrons. The monoisotopic (exact) mass is 494 g/mol. The zero-order chi connectivity index (χ0) is 23.1. The van der Waals surface area contributed by atoms with Crippen LogP contribution in [0.25, 0.3) is 0 Å². The van der Waals surface area contributed by atoms with Crippen LogP contribution in [0.3, 0.4) is 0 Å². The van der Waals surface area contributed by atoms with Crippen molar-refractivity contribution < 1.29 is 18.3 Å². The summed E-state index contributed by atoms with van der Waals surface area (Å²) >= 11 is 7.17. The van der Waals surface area contributed by atoms with E-state index in [9.17, 15) is 18.3 Å². The van der Waals surface area contributed by atoms with Crippen LogP contribution in [0.1, 0.15) is 31.1 Å². The normalized spacial score (nSPS) is 14.7. The molecule has 1 aromatic heterocycles. The number of carbonyl (C=O) groups is 1. The summed E-state index contributed by atoms with van der Waals surface area (Å²) in [6.07, 6.45) is 9.54. The molecule has 0 amide bonds. The molecule has 2 N–H and O–H groups in total. The van der Waals surface area contributed by atoms with E-state index in [0.29, 0.717) is 22.4 Å². The van der Waals surface area contributed by atoms with Crippen molar-refractivity contribution in [3.8, 4) is 0 Å². The fraction of sp³-hybridized carbons (Fsp3) is 0.286. The summed E-state index contributed by atoms with van der Waals surface area (Å²) in [5.41, 5.74) is 1.03. The number of rotatable bonds is 11. The van der Waals surface area contributed by atoms with Gasteiger partial charge in [0.15, 0.2) is 11.0 Å². The maximum absolute atomic E-state index is 13.1. The number of benzene rings is 1. The van der Waals surface area contributed by atoms with Crippen LogP contribution in [0.5, 0.6) is 0 Å². The number of carboxylic acid groups (broad SMARTS) is 1. The molecule has 1 atom stereocenters. The maximum atomic E-state index is 13.1. The number of carboxylic acids is 1. The van der Waals surface area contributed by atoms with Crippen LogP contribution in [0.15, 0.2) is 70.8 Å². The van der Waals surface area contributed by atoms with Gasteiger partial charge >= 0.3 is 5.97 Å². The second-order valence-electron chi connectivity index (χ2n) is 7.04. The average molecular weight is 495 g/mol. The van der Waals surface area contributed by atoms with Crippen molar-refractivity contribution in [2.45, 2.75) is 41.9 Å². The van der Waals surface area contributed by atoms with Crippen LogP contribution in [0, 0.1) is 0 Å². The minimum absolute atomic E-state index is 0.0509. The number of nitrogens with zero attached hydrogens (tertiary/aromatic N) is 3. The number of hydrogen-bond donors (Lipinski definition) is 2. The molecule has 0 saturated heterocycles. The van der Waals surface area contributed by atoms with Crippen molar-refractivity contribution in [3.63, 3.8) is 0 Å². The lowest BCUT2D eigenvalue weighted by Gasteiger charge is -2.21. The summed E-state index contributed by atoms with van der Waals surface area (Å²) in [7, 11) is -3.93. The summed E-state index contributed by atoms with van der Waals surface area (Å²) in [4.78, 5) is 11.6. The fourth-order valence-electron chi connectivity index (χ4n) is 3.22. The molecule has 11 heteroatoms. The molecule has 0 spiro atoms. The standard InChI is InChI=1S/C21H23ClN4O4S2/c1-2-12-31-21-24-23-20(26(21)14-19(27)28)18(13-15-6-4-3-5-7-15)25-32(29,30)17-10-8-16(22)9-11-17/h2-4,6,8-11,18,25H,1,5,7,12-14H2,(H,27,28)/t18-/m1/s1. The van der Waals surface area contributed by atoms with Crippen LogP contribution in [-0.2, 0) is 21.4 Å². The Morgan fingerprint density at radius 3 is 2.72 bits per heavy atom. The first kappa shape index (κ1) is 24.2. The molecular formula is C21H23ClN4O4S2. The third kappa shape index (κ3) is 6.32. The molecular weight excluding hydrogens is 472 g/mol. The van der Waals surface area contributed by atoms with Gasteiger partial charge in [-0.15, -0.1) is 16.8 Å². The van der Waals surface area contributed by atoms with Gasteiger partial charge in [0, 0.05) is 10.8 Å². The van der Waals surface area contributed by atoms with E-state index in [1.54, 1.807) is 6.08 Å². The van der Waals surface area contributed by atoms with Crippen molar-refractivity contribution in [1.82, 2.24) is 19.5 Å². The molecule has 1 aliphatic rings. The van der Waals surface area contributed by atoms with Crippen molar-refractivity contribution in [1.29, 1.82) is 0 Å². The minimum Gasteiger partial charge on any atom is -0.480 e. The molecule has 8 nitrogen and oxygen atoms in total. The van der Waals surface area contributed by atoms with Gasteiger partial charge in [0.1, 0.15) is 6.54 Å². The van der Waals surface area contributed by atoms with Gasteiger partial charge in [-0.2, -0.15) is 0 Å². The number of aromatic nitrogens is 3. The van der Waals surface area contributed by atoms with E-state index in [1.807, 2.05) is 18.2 Å². The summed E-state index contributed by atoms with van der Waals surface area (Å²) in [6.45, 7) is 3.28. The summed E-state index contributed by atoms with van der Waals surface area (Å²) in [5.74, 6) is -0.327. The van der Waals surface area contributed by atoms with E-state index in [4.69, 9.17) is 11.6 Å². The van der Waals surface area contributed by atoms with E-state index in [1.165, 1.54) is 40.6 Å².